The van der Waals surface area contributed by atoms with Crippen molar-refractivity contribution in [3.05, 3.63) is 66.4 Å². The minimum Gasteiger partial charge on any atom is -0.509 e. The molecule has 0 aliphatic rings. The summed E-state index contributed by atoms with van der Waals surface area (Å²) in [7, 11) is 0. The van der Waals surface area contributed by atoms with E-state index >= 15 is 0 Å². The molecule has 0 heterocycles. The highest BCUT2D eigenvalue weighted by Crippen LogP contribution is 2.16. The lowest BCUT2D eigenvalue weighted by Crippen LogP contribution is -1.75. The molecule has 0 aliphatic heterocycles. The van der Waals surface area contributed by atoms with Gasteiger partial charge in [-0.15, -0.1) is 0 Å². The first-order valence-corrected chi connectivity index (χ1v) is 4.80. The smallest absolute Gasteiger partial charge is 0.108 e. The van der Waals surface area contributed by atoms with Gasteiger partial charge in [0.05, 0.1) is 0 Å². The Balaban J connectivity index is 2.43. The summed E-state index contributed by atoms with van der Waals surface area (Å²) in [5, 5.41) is 11.4. The van der Waals surface area contributed by atoms with E-state index in [1.807, 2.05) is 24.3 Å². The molecule has 0 aromatic heterocycles. The maximum absolute atomic E-state index is 8.95. The van der Waals surface area contributed by atoms with Gasteiger partial charge in [0.1, 0.15) is 5.76 Å². The van der Waals surface area contributed by atoms with Crippen LogP contribution in [0, 0.1) is 0 Å². The molecule has 0 aliphatic carbocycles. The molecular formula is C14H12O. The minimum absolute atomic E-state index is 0.0724. The van der Waals surface area contributed by atoms with Gasteiger partial charge >= 0.3 is 0 Å². The molecule has 0 saturated heterocycles. The van der Waals surface area contributed by atoms with E-state index in [9.17, 15) is 0 Å². The number of rotatable bonds is 2. The number of benzene rings is 2. The van der Waals surface area contributed by atoms with Gasteiger partial charge in [-0.1, -0.05) is 49.1 Å². The zero-order valence-corrected chi connectivity index (χ0v) is 8.35. The van der Waals surface area contributed by atoms with Crippen LogP contribution in [0.25, 0.3) is 16.8 Å². The fraction of sp³-hybridized carbons (Fsp3) is 0. The highest BCUT2D eigenvalue weighted by molar-refractivity contribution is 5.84. The predicted molar refractivity (Wildman–Crippen MR) is 64.8 cm³/mol. The summed E-state index contributed by atoms with van der Waals surface area (Å²) in [5.41, 5.74) is 1.06. The van der Waals surface area contributed by atoms with Gasteiger partial charge in [0, 0.05) is 0 Å². The van der Waals surface area contributed by atoms with Gasteiger partial charge in [0.2, 0.25) is 0 Å². The molecule has 1 nitrogen and oxygen atoms in total. The fourth-order valence-electron chi connectivity index (χ4n) is 1.50. The van der Waals surface area contributed by atoms with Crippen molar-refractivity contribution in [1.29, 1.82) is 0 Å². The van der Waals surface area contributed by atoms with Crippen LogP contribution in [0.2, 0.25) is 0 Å². The summed E-state index contributed by atoms with van der Waals surface area (Å²) in [6.07, 6.45) is 3.43. The van der Waals surface area contributed by atoms with E-state index in [2.05, 4.69) is 30.8 Å². The monoisotopic (exact) mass is 196 g/mol. The Kier molecular flexibility index (Phi) is 2.55. The van der Waals surface area contributed by atoms with E-state index in [4.69, 9.17) is 5.11 Å². The van der Waals surface area contributed by atoms with E-state index < -0.39 is 0 Å². The van der Waals surface area contributed by atoms with Crippen molar-refractivity contribution in [2.24, 2.45) is 0 Å². The van der Waals surface area contributed by atoms with Crippen LogP contribution in [-0.4, -0.2) is 5.11 Å². The number of hydrogen-bond acceptors (Lipinski definition) is 1. The Morgan fingerprint density at radius 1 is 1.07 bits per heavy atom. The molecule has 0 fully saturated rings. The van der Waals surface area contributed by atoms with Crippen molar-refractivity contribution in [2.45, 2.75) is 0 Å². The lowest BCUT2D eigenvalue weighted by atomic mass is 10.1. The minimum atomic E-state index is 0.0724. The molecule has 0 amide bonds. The number of allylic oxidation sites excluding steroid dienone is 1. The average molecular weight is 196 g/mol. The normalized spacial score (nSPS) is 10.9. The molecule has 0 unspecified atom stereocenters. The summed E-state index contributed by atoms with van der Waals surface area (Å²) in [5.74, 6) is 0.0724. The van der Waals surface area contributed by atoms with Crippen LogP contribution in [0.4, 0.5) is 0 Å². The number of fused-ring (bicyclic) bond motifs is 1. The molecule has 1 heteroatoms. The zero-order valence-electron chi connectivity index (χ0n) is 8.35. The maximum atomic E-state index is 8.95. The lowest BCUT2D eigenvalue weighted by molar-refractivity contribution is 0.436. The first-order chi connectivity index (χ1) is 7.25. The average Bonchev–Trinajstić information content (AvgIpc) is 2.26. The zero-order chi connectivity index (χ0) is 10.7. The molecule has 1 N–H and O–H groups in total. The summed E-state index contributed by atoms with van der Waals surface area (Å²) in [4.78, 5) is 0. The van der Waals surface area contributed by atoms with E-state index in [0.717, 1.165) is 5.56 Å². The highest BCUT2D eigenvalue weighted by Gasteiger charge is 1.92. The quantitative estimate of drug-likeness (QED) is 0.570. The van der Waals surface area contributed by atoms with Crippen LogP contribution in [0.15, 0.2) is 60.9 Å². The van der Waals surface area contributed by atoms with Crippen molar-refractivity contribution in [1.82, 2.24) is 0 Å². The first-order valence-electron chi connectivity index (χ1n) is 4.80. The second-order valence-corrected chi connectivity index (χ2v) is 3.43. The molecule has 0 radical (unpaired) electrons. The van der Waals surface area contributed by atoms with Gasteiger partial charge in [0.15, 0.2) is 0 Å². The van der Waals surface area contributed by atoms with E-state index in [1.54, 1.807) is 6.08 Å². The lowest BCUT2D eigenvalue weighted by Gasteiger charge is -1.98. The molecule has 2 rings (SSSR count). The van der Waals surface area contributed by atoms with Gasteiger partial charge < -0.3 is 5.11 Å². The second-order valence-electron chi connectivity index (χ2n) is 3.43. The topological polar surface area (TPSA) is 20.2 Å². The van der Waals surface area contributed by atoms with Gasteiger partial charge in [-0.25, -0.2) is 0 Å². The molecule has 0 spiro atoms. The fourth-order valence-corrected chi connectivity index (χ4v) is 1.50. The largest absolute Gasteiger partial charge is 0.509 e. The van der Waals surface area contributed by atoms with Gasteiger partial charge in [-0.3, -0.25) is 0 Å². The van der Waals surface area contributed by atoms with Crippen molar-refractivity contribution in [3.8, 4) is 0 Å². The second kappa shape index (κ2) is 4.01. The van der Waals surface area contributed by atoms with Gasteiger partial charge in [-0.2, -0.15) is 0 Å². The van der Waals surface area contributed by atoms with Crippen LogP contribution < -0.4 is 0 Å². The first kappa shape index (κ1) is 9.53. The third-order valence-corrected chi connectivity index (χ3v) is 2.24. The van der Waals surface area contributed by atoms with Crippen LogP contribution in [0.5, 0.6) is 0 Å². The number of aliphatic hydroxyl groups is 1. The Morgan fingerprint density at radius 3 is 2.53 bits per heavy atom. The molecule has 2 aromatic rings. The van der Waals surface area contributed by atoms with Crippen LogP contribution >= 0.6 is 0 Å². The van der Waals surface area contributed by atoms with Crippen LogP contribution in [0.1, 0.15) is 5.56 Å². The Bertz CT molecular complexity index is 524. The summed E-state index contributed by atoms with van der Waals surface area (Å²) in [6.45, 7) is 3.40. The van der Waals surface area contributed by atoms with Gasteiger partial charge in [-0.05, 0) is 28.5 Å². The molecule has 74 valence electrons. The van der Waals surface area contributed by atoms with Crippen molar-refractivity contribution in [3.63, 3.8) is 0 Å². The summed E-state index contributed by atoms with van der Waals surface area (Å²) >= 11 is 0. The number of aliphatic hydroxyl groups excluding tert-OH is 1. The van der Waals surface area contributed by atoms with Crippen LogP contribution in [-0.2, 0) is 0 Å². The Hall–Kier alpha value is -2.02. The van der Waals surface area contributed by atoms with Crippen molar-refractivity contribution < 1.29 is 5.11 Å². The maximum Gasteiger partial charge on any atom is 0.108 e. The Labute approximate surface area is 89.0 Å². The summed E-state index contributed by atoms with van der Waals surface area (Å²) < 4.78 is 0. The third-order valence-electron chi connectivity index (χ3n) is 2.24. The Morgan fingerprint density at radius 2 is 1.80 bits per heavy atom. The highest BCUT2D eigenvalue weighted by atomic mass is 16.3. The van der Waals surface area contributed by atoms with E-state index in [-0.39, 0.29) is 5.76 Å². The molecular weight excluding hydrogens is 184 g/mol. The van der Waals surface area contributed by atoms with Gasteiger partial charge in [0.25, 0.3) is 0 Å². The third kappa shape index (κ3) is 2.26. The number of hydrogen-bond donors (Lipinski definition) is 1. The molecule has 15 heavy (non-hydrogen) atoms. The molecule has 0 saturated carbocycles. The van der Waals surface area contributed by atoms with Crippen LogP contribution in [0.3, 0.4) is 0 Å². The van der Waals surface area contributed by atoms with Crippen molar-refractivity contribution in [2.75, 3.05) is 0 Å². The SMILES string of the molecule is C=C(O)/C=C/c1ccc2ccccc2c1. The standard InChI is InChI=1S/C14H12O/c1-11(15)6-7-12-8-9-13-4-2-3-5-14(13)10-12/h2-10,15H,1H2/b7-6+. The van der Waals surface area contributed by atoms with E-state index in [0.29, 0.717) is 0 Å². The predicted octanol–water partition coefficient (Wildman–Crippen LogP) is 3.92. The molecule has 0 atom stereocenters. The molecule has 0 bridgehead atoms. The molecule has 2 aromatic carbocycles. The van der Waals surface area contributed by atoms with Crippen molar-refractivity contribution >= 4 is 16.8 Å². The summed E-state index contributed by atoms with van der Waals surface area (Å²) in [6, 6.07) is 14.3. The van der Waals surface area contributed by atoms with E-state index in [1.165, 1.54) is 10.8 Å².